The summed E-state index contributed by atoms with van der Waals surface area (Å²) in [6.45, 7) is 7.10. The van der Waals surface area contributed by atoms with Crippen LogP contribution < -0.4 is 38.5 Å². The van der Waals surface area contributed by atoms with Gasteiger partial charge in [0.25, 0.3) is 0 Å². The highest BCUT2D eigenvalue weighted by Crippen LogP contribution is 2.12. The van der Waals surface area contributed by atoms with E-state index in [1.54, 1.807) is 20.8 Å². The van der Waals surface area contributed by atoms with E-state index in [9.17, 15) is 38.7 Å². The van der Waals surface area contributed by atoms with Gasteiger partial charge in [-0.05, 0) is 18.3 Å². The highest BCUT2D eigenvalue weighted by Gasteiger charge is 2.34. The number of primary amides is 2. The van der Waals surface area contributed by atoms with E-state index < -0.39 is 84.5 Å². The van der Waals surface area contributed by atoms with E-state index in [2.05, 4.69) is 28.6 Å². The number of carboxylic acids is 1. The van der Waals surface area contributed by atoms with Crippen molar-refractivity contribution >= 4 is 54.0 Å². The van der Waals surface area contributed by atoms with Gasteiger partial charge in [-0.15, -0.1) is 0 Å². The molecule has 0 saturated carbocycles. The average molecular weight is 576 g/mol. The molecule has 6 atom stereocenters. The van der Waals surface area contributed by atoms with Crippen LogP contribution in [0, 0.1) is 11.8 Å². The Kier molecular flexibility index (Phi) is 15.7. The lowest BCUT2D eigenvalue weighted by Gasteiger charge is -2.28. The molecule has 0 aliphatic heterocycles. The van der Waals surface area contributed by atoms with E-state index in [1.165, 1.54) is 0 Å². The number of hydrogen-bond donors (Lipinski definition) is 9. The third-order valence-corrected chi connectivity index (χ3v) is 6.12. The van der Waals surface area contributed by atoms with Gasteiger partial charge in [0.2, 0.25) is 35.4 Å². The number of carbonyl (C=O) groups is 7. The van der Waals surface area contributed by atoms with Crippen LogP contribution in [-0.4, -0.2) is 82.5 Å². The van der Waals surface area contributed by atoms with Crippen molar-refractivity contribution in [1.29, 1.82) is 0 Å². The van der Waals surface area contributed by atoms with Gasteiger partial charge in [0.1, 0.15) is 24.2 Å². The predicted octanol–water partition coefficient (Wildman–Crippen LogP) is -2.89. The molecule has 0 rings (SSSR count). The lowest BCUT2D eigenvalue weighted by Crippen LogP contribution is -2.60. The summed E-state index contributed by atoms with van der Waals surface area (Å²) in [6.07, 6.45) is -0.814. The fourth-order valence-corrected chi connectivity index (χ4v) is 3.53. The Hall–Kier alpha value is -3.40. The van der Waals surface area contributed by atoms with E-state index in [0.29, 0.717) is 6.42 Å². The normalized spacial score (nSPS) is 15.6. The molecule has 0 spiro atoms. The maximum atomic E-state index is 13.2. The Bertz CT molecular complexity index is 917. The van der Waals surface area contributed by atoms with Gasteiger partial charge in [0, 0.05) is 5.75 Å². The largest absolute Gasteiger partial charge is 0.480 e. The Morgan fingerprint density at radius 3 is 1.64 bits per heavy atom. The molecular formula is C23H41N7O8S. The minimum atomic E-state index is -1.71. The molecule has 15 nitrogen and oxygen atoms in total. The van der Waals surface area contributed by atoms with Gasteiger partial charge in [0.15, 0.2) is 0 Å². The summed E-state index contributed by atoms with van der Waals surface area (Å²) < 4.78 is 0. The van der Waals surface area contributed by atoms with Crippen LogP contribution in [0.2, 0.25) is 0 Å². The van der Waals surface area contributed by atoms with E-state index in [0.717, 1.165) is 0 Å². The smallest absolute Gasteiger partial charge is 0.326 e. The molecule has 0 unspecified atom stereocenters. The molecule has 222 valence electrons. The van der Waals surface area contributed by atoms with Crippen molar-refractivity contribution < 1.29 is 38.7 Å². The van der Waals surface area contributed by atoms with Gasteiger partial charge >= 0.3 is 5.97 Å². The molecule has 0 saturated heterocycles. The van der Waals surface area contributed by atoms with Gasteiger partial charge in [-0.2, -0.15) is 12.6 Å². The Morgan fingerprint density at radius 1 is 0.744 bits per heavy atom. The molecule has 6 amide bonds. The maximum Gasteiger partial charge on any atom is 0.326 e. The highest BCUT2D eigenvalue weighted by molar-refractivity contribution is 7.80. The standard InChI is InChI=1S/C23H41N7O8S/c1-5-11(4)18(30-19(33)12(24)9-39)22(36)28-13(6-10(2)3)20(34)27-14(7-16(25)31)21(35)29-15(23(37)38)8-17(26)32/h10-15,18,39H,5-9,24H2,1-4H3,(H2,25,31)(H2,26,32)(H,27,34)(H,28,36)(H,29,35)(H,30,33)(H,37,38)/t11-,12-,13-,14-,15-,18-/m0/s1. The Labute approximate surface area is 232 Å². The summed E-state index contributed by atoms with van der Waals surface area (Å²) >= 11 is 3.98. The summed E-state index contributed by atoms with van der Waals surface area (Å²) in [5.74, 6) is -7.20. The zero-order valence-electron chi connectivity index (χ0n) is 22.6. The minimum absolute atomic E-state index is 0.0462. The number of carbonyl (C=O) groups excluding carboxylic acids is 6. The van der Waals surface area contributed by atoms with Crippen molar-refractivity contribution in [1.82, 2.24) is 21.3 Å². The second-order valence-corrected chi connectivity index (χ2v) is 10.0. The number of thiol groups is 1. The van der Waals surface area contributed by atoms with E-state index >= 15 is 0 Å². The first-order valence-electron chi connectivity index (χ1n) is 12.4. The van der Waals surface area contributed by atoms with Crippen molar-refractivity contribution in [2.75, 3.05) is 5.75 Å². The molecule has 0 fully saturated rings. The van der Waals surface area contributed by atoms with Crippen LogP contribution in [0.1, 0.15) is 53.4 Å². The number of nitrogens with two attached hydrogens (primary N) is 3. The van der Waals surface area contributed by atoms with E-state index in [1.807, 2.05) is 12.2 Å². The van der Waals surface area contributed by atoms with Crippen LogP contribution in [0.4, 0.5) is 0 Å². The van der Waals surface area contributed by atoms with Gasteiger partial charge < -0.3 is 43.6 Å². The molecule has 0 aliphatic rings. The van der Waals surface area contributed by atoms with Crippen LogP contribution in [-0.2, 0) is 33.6 Å². The number of amides is 6. The van der Waals surface area contributed by atoms with Crippen molar-refractivity contribution in [3.63, 3.8) is 0 Å². The maximum absolute atomic E-state index is 13.2. The van der Waals surface area contributed by atoms with Crippen LogP contribution in [0.15, 0.2) is 0 Å². The predicted molar refractivity (Wildman–Crippen MR) is 144 cm³/mol. The second kappa shape index (κ2) is 17.2. The molecule has 0 radical (unpaired) electrons. The third-order valence-electron chi connectivity index (χ3n) is 5.72. The fourth-order valence-electron chi connectivity index (χ4n) is 3.37. The molecule has 0 bridgehead atoms. The van der Waals surface area contributed by atoms with Crippen molar-refractivity contribution in [2.45, 2.75) is 83.6 Å². The SMILES string of the molecule is CC[C@H](C)[C@H](NC(=O)[C@@H](N)CS)C(=O)N[C@@H](CC(C)C)C(=O)N[C@@H](CC(N)=O)C(=O)N[C@@H](CC(N)=O)C(=O)O. The third kappa shape index (κ3) is 13.3. The summed E-state index contributed by atoms with van der Waals surface area (Å²) in [4.78, 5) is 85.5. The zero-order valence-corrected chi connectivity index (χ0v) is 23.5. The summed E-state index contributed by atoms with van der Waals surface area (Å²) in [6, 6.07) is -6.53. The number of hydrogen-bond acceptors (Lipinski definition) is 9. The number of nitrogens with one attached hydrogen (secondary N) is 4. The van der Waals surface area contributed by atoms with Crippen LogP contribution in [0.25, 0.3) is 0 Å². The number of aliphatic carboxylic acids is 1. The topological polar surface area (TPSA) is 266 Å². The summed E-state index contributed by atoms with van der Waals surface area (Å²) in [5, 5.41) is 18.8. The molecule has 0 aromatic rings. The fraction of sp³-hybridized carbons (Fsp3) is 0.696. The lowest BCUT2D eigenvalue weighted by atomic mass is 9.96. The van der Waals surface area contributed by atoms with E-state index in [-0.39, 0.29) is 24.0 Å². The number of carboxylic acid groups (broad SMARTS) is 1. The van der Waals surface area contributed by atoms with Gasteiger partial charge in [0.05, 0.1) is 18.9 Å². The quantitative estimate of drug-likeness (QED) is 0.0758. The molecule has 16 heteroatoms. The average Bonchev–Trinajstić information content (AvgIpc) is 2.83. The molecule has 0 heterocycles. The molecular weight excluding hydrogens is 534 g/mol. The summed E-state index contributed by atoms with van der Waals surface area (Å²) in [5.41, 5.74) is 15.9. The molecule has 39 heavy (non-hydrogen) atoms. The van der Waals surface area contributed by atoms with Crippen LogP contribution in [0.5, 0.6) is 0 Å². The van der Waals surface area contributed by atoms with Crippen molar-refractivity contribution in [3.8, 4) is 0 Å². The first-order chi connectivity index (χ1) is 18.0. The van der Waals surface area contributed by atoms with Gasteiger partial charge in [-0.25, -0.2) is 4.79 Å². The molecule has 0 aromatic heterocycles. The lowest BCUT2D eigenvalue weighted by molar-refractivity contribution is -0.144. The highest BCUT2D eigenvalue weighted by atomic mass is 32.1. The monoisotopic (exact) mass is 575 g/mol. The van der Waals surface area contributed by atoms with Crippen molar-refractivity contribution in [2.24, 2.45) is 29.0 Å². The van der Waals surface area contributed by atoms with Gasteiger partial charge in [-0.1, -0.05) is 34.1 Å². The van der Waals surface area contributed by atoms with E-state index in [4.69, 9.17) is 17.2 Å². The van der Waals surface area contributed by atoms with Crippen molar-refractivity contribution in [3.05, 3.63) is 0 Å². The molecule has 0 aromatic carbocycles. The van der Waals surface area contributed by atoms with Crippen LogP contribution >= 0.6 is 12.6 Å². The Balaban J connectivity index is 5.90. The summed E-state index contributed by atoms with van der Waals surface area (Å²) in [7, 11) is 0. The van der Waals surface area contributed by atoms with Crippen LogP contribution in [0.3, 0.4) is 0 Å². The number of rotatable bonds is 18. The first kappa shape index (κ1) is 35.6. The molecule has 0 aliphatic carbocycles. The minimum Gasteiger partial charge on any atom is -0.480 e. The first-order valence-corrected chi connectivity index (χ1v) is 13.0. The molecule has 11 N–H and O–H groups in total. The zero-order chi connectivity index (χ0) is 30.4. The Morgan fingerprint density at radius 2 is 1.21 bits per heavy atom. The second-order valence-electron chi connectivity index (χ2n) is 9.65. The van der Waals surface area contributed by atoms with Gasteiger partial charge in [-0.3, -0.25) is 28.8 Å².